The monoisotopic (exact) mass is 331 g/mol. The Kier molecular flexibility index (Phi) is 9.50. The Morgan fingerprint density at radius 1 is 1.33 bits per heavy atom. The Hall–Kier alpha value is -1.52. The van der Waals surface area contributed by atoms with Crippen LogP contribution in [0.1, 0.15) is 52.7 Å². The van der Waals surface area contributed by atoms with E-state index in [9.17, 15) is 0 Å². The lowest BCUT2D eigenvalue weighted by atomic mass is 10.2. The van der Waals surface area contributed by atoms with Gasteiger partial charge in [0.1, 0.15) is 6.23 Å². The van der Waals surface area contributed by atoms with Crippen LogP contribution in [0.15, 0.2) is 35.5 Å². The van der Waals surface area contributed by atoms with Crippen LogP contribution in [-0.2, 0) is 4.74 Å². The van der Waals surface area contributed by atoms with Gasteiger partial charge < -0.3 is 9.64 Å². The van der Waals surface area contributed by atoms with Crippen LogP contribution in [0, 0.1) is 0 Å². The van der Waals surface area contributed by atoms with E-state index >= 15 is 0 Å². The van der Waals surface area contributed by atoms with Crippen molar-refractivity contribution < 1.29 is 4.74 Å². The normalized spacial score (nSPS) is 22.5. The van der Waals surface area contributed by atoms with E-state index < -0.39 is 0 Å². The SMILES string of the molecule is C/C=C(\C=N/C(C)O[C@@H]1CCCC1N(C)C)c1ccccn1.CC. The van der Waals surface area contributed by atoms with E-state index in [0.29, 0.717) is 6.04 Å². The lowest BCUT2D eigenvalue weighted by Crippen LogP contribution is -2.37. The van der Waals surface area contributed by atoms with Crippen LogP contribution in [0.5, 0.6) is 0 Å². The Bertz CT molecular complexity index is 511. The number of hydrogen-bond acceptors (Lipinski definition) is 4. The van der Waals surface area contributed by atoms with E-state index in [2.05, 4.69) is 29.0 Å². The fraction of sp³-hybridized carbons (Fsp3) is 0.600. The number of pyridine rings is 1. The summed E-state index contributed by atoms with van der Waals surface area (Å²) in [4.78, 5) is 11.2. The quantitative estimate of drug-likeness (QED) is 0.724. The van der Waals surface area contributed by atoms with Crippen LogP contribution in [0.4, 0.5) is 0 Å². The van der Waals surface area contributed by atoms with E-state index in [1.165, 1.54) is 12.8 Å². The first kappa shape index (κ1) is 20.5. The van der Waals surface area contributed by atoms with Gasteiger partial charge in [0.05, 0.1) is 11.8 Å². The van der Waals surface area contributed by atoms with Gasteiger partial charge in [0.2, 0.25) is 0 Å². The highest BCUT2D eigenvalue weighted by atomic mass is 16.5. The molecule has 0 saturated heterocycles. The molecular formula is C20H33N3O. The van der Waals surface area contributed by atoms with Crippen molar-refractivity contribution in [1.82, 2.24) is 9.88 Å². The second-order valence-corrected chi connectivity index (χ2v) is 5.97. The number of aliphatic imine (C=N–C) groups is 1. The lowest BCUT2D eigenvalue weighted by Gasteiger charge is -2.27. The van der Waals surface area contributed by atoms with Crippen molar-refractivity contribution in [2.45, 2.75) is 65.3 Å². The van der Waals surface area contributed by atoms with Gasteiger partial charge >= 0.3 is 0 Å². The molecule has 0 amide bonds. The first-order valence-corrected chi connectivity index (χ1v) is 9.04. The molecule has 4 heteroatoms. The van der Waals surface area contributed by atoms with Crippen molar-refractivity contribution in [2.24, 2.45) is 4.99 Å². The second-order valence-electron chi connectivity index (χ2n) is 5.97. The third-order valence-electron chi connectivity index (χ3n) is 4.15. The second kappa shape index (κ2) is 11.1. The molecule has 4 nitrogen and oxygen atoms in total. The highest BCUT2D eigenvalue weighted by Gasteiger charge is 2.30. The zero-order valence-corrected chi connectivity index (χ0v) is 16.1. The minimum atomic E-state index is -0.135. The largest absolute Gasteiger partial charge is 0.352 e. The lowest BCUT2D eigenvalue weighted by molar-refractivity contribution is -0.0254. The number of hydrogen-bond donors (Lipinski definition) is 0. The first-order chi connectivity index (χ1) is 11.6. The van der Waals surface area contributed by atoms with E-state index in [0.717, 1.165) is 17.7 Å². The van der Waals surface area contributed by atoms with Gasteiger partial charge in [-0.25, -0.2) is 0 Å². The van der Waals surface area contributed by atoms with Crippen LogP contribution in [0.2, 0.25) is 0 Å². The summed E-state index contributed by atoms with van der Waals surface area (Å²) in [6.45, 7) is 8.01. The summed E-state index contributed by atoms with van der Waals surface area (Å²) in [5, 5.41) is 0. The first-order valence-electron chi connectivity index (χ1n) is 9.04. The van der Waals surface area contributed by atoms with Crippen LogP contribution in [-0.4, -0.2) is 48.6 Å². The minimum Gasteiger partial charge on any atom is -0.352 e. The summed E-state index contributed by atoms with van der Waals surface area (Å²) in [7, 11) is 4.25. The van der Waals surface area contributed by atoms with Crippen LogP contribution < -0.4 is 0 Å². The number of rotatable bonds is 6. The van der Waals surface area contributed by atoms with Crippen molar-refractivity contribution in [3.8, 4) is 0 Å². The molecular weight excluding hydrogens is 298 g/mol. The summed E-state index contributed by atoms with van der Waals surface area (Å²) in [5.41, 5.74) is 1.96. The molecule has 1 aromatic rings. The molecule has 1 fully saturated rings. The number of aromatic nitrogens is 1. The van der Waals surface area contributed by atoms with Gasteiger partial charge in [0, 0.05) is 24.0 Å². The Balaban J connectivity index is 0.00000139. The number of ether oxygens (including phenoxy) is 1. The third kappa shape index (κ3) is 6.17. The standard InChI is InChI=1S/C18H27N3O.C2H6/c1-5-15(16-9-6-7-12-19-16)13-20-14(2)22-18-11-8-10-17(18)21(3)4;1-2/h5-7,9,12-14,17-18H,8,10-11H2,1-4H3;1-2H3/b15-5+,20-13-;/t14?,17?,18-;/m1./s1. The molecule has 1 heterocycles. The average molecular weight is 332 g/mol. The highest BCUT2D eigenvalue weighted by Crippen LogP contribution is 2.26. The van der Waals surface area contributed by atoms with Gasteiger partial charge in [-0.2, -0.15) is 0 Å². The average Bonchev–Trinajstić information content (AvgIpc) is 3.06. The van der Waals surface area contributed by atoms with Gasteiger partial charge in [0.15, 0.2) is 0 Å². The fourth-order valence-corrected chi connectivity index (χ4v) is 2.95. The van der Waals surface area contributed by atoms with Crippen molar-refractivity contribution in [1.29, 1.82) is 0 Å². The van der Waals surface area contributed by atoms with E-state index in [1.54, 1.807) is 6.20 Å². The van der Waals surface area contributed by atoms with Crippen LogP contribution in [0.25, 0.3) is 5.57 Å². The van der Waals surface area contributed by atoms with Crippen molar-refractivity contribution in [2.75, 3.05) is 14.1 Å². The van der Waals surface area contributed by atoms with Gasteiger partial charge in [-0.15, -0.1) is 0 Å². The van der Waals surface area contributed by atoms with Gasteiger partial charge in [-0.05, 0) is 59.3 Å². The molecule has 0 radical (unpaired) electrons. The predicted molar refractivity (Wildman–Crippen MR) is 103 cm³/mol. The number of nitrogens with zero attached hydrogens (tertiary/aromatic N) is 3. The van der Waals surface area contributed by atoms with E-state index in [-0.39, 0.29) is 12.3 Å². The predicted octanol–water partition coefficient (Wildman–Crippen LogP) is 4.43. The molecule has 0 bridgehead atoms. The number of allylic oxidation sites excluding steroid dienone is 2. The molecule has 2 rings (SSSR count). The van der Waals surface area contributed by atoms with E-state index in [4.69, 9.17) is 4.74 Å². The van der Waals surface area contributed by atoms with Crippen molar-refractivity contribution in [3.63, 3.8) is 0 Å². The molecule has 134 valence electrons. The molecule has 1 aliphatic rings. The van der Waals surface area contributed by atoms with Crippen molar-refractivity contribution in [3.05, 3.63) is 36.2 Å². The Labute approximate surface area is 147 Å². The highest BCUT2D eigenvalue weighted by molar-refractivity contribution is 6.08. The van der Waals surface area contributed by atoms with Crippen LogP contribution in [0.3, 0.4) is 0 Å². The molecule has 2 unspecified atom stereocenters. The third-order valence-corrected chi connectivity index (χ3v) is 4.15. The molecule has 0 aromatic carbocycles. The molecule has 1 saturated carbocycles. The van der Waals surface area contributed by atoms with Gasteiger partial charge in [0.25, 0.3) is 0 Å². The van der Waals surface area contributed by atoms with Gasteiger partial charge in [-0.3, -0.25) is 9.98 Å². The summed E-state index contributed by atoms with van der Waals surface area (Å²) in [5.74, 6) is 0. The topological polar surface area (TPSA) is 37.7 Å². The maximum atomic E-state index is 6.13. The Morgan fingerprint density at radius 2 is 2.08 bits per heavy atom. The molecule has 3 atom stereocenters. The smallest absolute Gasteiger partial charge is 0.145 e. The molecule has 0 spiro atoms. The van der Waals surface area contributed by atoms with Crippen molar-refractivity contribution >= 4 is 11.8 Å². The molecule has 1 aliphatic carbocycles. The minimum absolute atomic E-state index is 0.135. The summed E-state index contributed by atoms with van der Waals surface area (Å²) in [6.07, 6.45) is 9.41. The van der Waals surface area contributed by atoms with Crippen LogP contribution >= 0.6 is 0 Å². The van der Waals surface area contributed by atoms with Gasteiger partial charge in [-0.1, -0.05) is 26.0 Å². The maximum Gasteiger partial charge on any atom is 0.145 e. The van der Waals surface area contributed by atoms with E-state index in [1.807, 2.05) is 58.2 Å². The Morgan fingerprint density at radius 3 is 2.67 bits per heavy atom. The zero-order valence-electron chi connectivity index (χ0n) is 16.1. The molecule has 0 aliphatic heterocycles. The summed E-state index contributed by atoms with van der Waals surface area (Å²) >= 11 is 0. The molecule has 24 heavy (non-hydrogen) atoms. The zero-order chi connectivity index (χ0) is 17.9. The molecule has 0 N–H and O–H groups in total. The summed E-state index contributed by atoms with van der Waals surface area (Å²) in [6, 6.07) is 6.40. The maximum absolute atomic E-state index is 6.13. The summed E-state index contributed by atoms with van der Waals surface area (Å²) < 4.78 is 6.13. The number of likely N-dealkylation sites (N-methyl/N-ethyl adjacent to an activating group) is 1. The molecule has 1 aromatic heterocycles. The fourth-order valence-electron chi connectivity index (χ4n) is 2.95.